The van der Waals surface area contributed by atoms with Crippen molar-refractivity contribution in [1.82, 2.24) is 0 Å². The molecule has 2 aromatic carbocycles. The minimum atomic E-state index is -0.479. The van der Waals surface area contributed by atoms with Gasteiger partial charge in [-0.25, -0.2) is 4.39 Å². The fourth-order valence-corrected chi connectivity index (χ4v) is 2.70. The number of hydrogen-bond acceptors (Lipinski definition) is 3. The second-order valence-corrected chi connectivity index (χ2v) is 5.18. The number of halogens is 2. The van der Waals surface area contributed by atoms with Crippen molar-refractivity contribution in [2.24, 2.45) is 0 Å². The molecule has 0 spiro atoms. The summed E-state index contributed by atoms with van der Waals surface area (Å²) in [5.41, 5.74) is 0.595. The lowest BCUT2D eigenvalue weighted by molar-refractivity contribution is -0.384. The van der Waals surface area contributed by atoms with Gasteiger partial charge in [0.2, 0.25) is 0 Å². The van der Waals surface area contributed by atoms with Crippen molar-refractivity contribution in [3.8, 4) is 0 Å². The highest BCUT2D eigenvalue weighted by atomic mass is 35.5. The quantitative estimate of drug-likeness (QED) is 0.467. The zero-order valence-electron chi connectivity index (χ0n) is 9.68. The van der Waals surface area contributed by atoms with Crippen LogP contribution in [0.25, 0.3) is 0 Å². The van der Waals surface area contributed by atoms with Crippen molar-refractivity contribution in [1.29, 1.82) is 0 Å². The van der Waals surface area contributed by atoms with Crippen LogP contribution < -0.4 is 0 Å². The molecular weight excluding hydrogens is 289 g/mol. The van der Waals surface area contributed by atoms with Crippen molar-refractivity contribution in [3.63, 3.8) is 0 Å². The van der Waals surface area contributed by atoms with Crippen molar-refractivity contribution in [2.45, 2.75) is 10.6 Å². The number of nitro groups is 1. The van der Waals surface area contributed by atoms with E-state index in [0.29, 0.717) is 21.2 Å². The second-order valence-electron chi connectivity index (χ2n) is 3.75. The van der Waals surface area contributed by atoms with Crippen molar-refractivity contribution in [3.05, 3.63) is 69.0 Å². The van der Waals surface area contributed by atoms with Gasteiger partial charge in [-0.2, -0.15) is 0 Å². The Kier molecular flexibility index (Phi) is 4.39. The number of thioether (sulfide) groups is 1. The lowest BCUT2D eigenvalue weighted by atomic mass is 10.2. The first-order valence-electron chi connectivity index (χ1n) is 5.38. The number of rotatable bonds is 4. The van der Waals surface area contributed by atoms with Gasteiger partial charge in [-0.3, -0.25) is 10.1 Å². The van der Waals surface area contributed by atoms with E-state index in [1.54, 1.807) is 18.2 Å². The summed E-state index contributed by atoms with van der Waals surface area (Å²) >= 11 is 7.23. The van der Waals surface area contributed by atoms with E-state index in [0.717, 1.165) is 0 Å². The SMILES string of the molecule is O=[N+]([O-])c1ccc(Cl)c(CSc2ccccc2F)c1. The van der Waals surface area contributed by atoms with Gasteiger partial charge in [-0.05, 0) is 23.8 Å². The van der Waals surface area contributed by atoms with Gasteiger partial charge < -0.3 is 0 Å². The average molecular weight is 298 g/mol. The standard InChI is InChI=1S/C13H9ClFNO2S/c14-11-6-5-10(16(17)18)7-9(11)8-19-13-4-2-1-3-12(13)15/h1-7H,8H2. The van der Waals surface area contributed by atoms with Crippen LogP contribution in [0, 0.1) is 15.9 Å². The van der Waals surface area contributed by atoms with Crippen LogP contribution in [0.4, 0.5) is 10.1 Å². The van der Waals surface area contributed by atoms with Crippen LogP contribution in [0.1, 0.15) is 5.56 Å². The number of nitrogens with zero attached hydrogens (tertiary/aromatic N) is 1. The number of non-ortho nitro benzene ring substituents is 1. The van der Waals surface area contributed by atoms with E-state index < -0.39 is 4.92 Å². The second kappa shape index (κ2) is 6.04. The van der Waals surface area contributed by atoms with Crippen molar-refractivity contribution in [2.75, 3.05) is 0 Å². The summed E-state index contributed by atoms with van der Waals surface area (Å²) in [7, 11) is 0. The lowest BCUT2D eigenvalue weighted by Gasteiger charge is -2.05. The van der Waals surface area contributed by atoms with Gasteiger partial charge in [0, 0.05) is 27.8 Å². The minimum Gasteiger partial charge on any atom is -0.258 e. The monoisotopic (exact) mass is 297 g/mol. The maximum absolute atomic E-state index is 13.4. The molecule has 19 heavy (non-hydrogen) atoms. The third-order valence-corrected chi connectivity index (χ3v) is 3.93. The smallest absolute Gasteiger partial charge is 0.258 e. The lowest BCUT2D eigenvalue weighted by Crippen LogP contribution is -1.91. The summed E-state index contributed by atoms with van der Waals surface area (Å²) in [6.07, 6.45) is 0. The third kappa shape index (κ3) is 3.45. The van der Waals surface area contributed by atoms with Crippen LogP contribution in [0.2, 0.25) is 5.02 Å². The molecule has 2 rings (SSSR count). The molecule has 2 aromatic rings. The number of nitro benzene ring substituents is 1. The minimum absolute atomic E-state index is 0.0199. The van der Waals surface area contributed by atoms with Crippen LogP contribution in [0.3, 0.4) is 0 Å². The zero-order chi connectivity index (χ0) is 13.8. The normalized spacial score (nSPS) is 10.4. The molecule has 98 valence electrons. The fraction of sp³-hybridized carbons (Fsp3) is 0.0769. The molecular formula is C13H9ClFNO2S. The molecule has 6 heteroatoms. The molecule has 0 aliphatic rings. The first kappa shape index (κ1) is 13.8. The van der Waals surface area contributed by atoms with E-state index in [4.69, 9.17) is 11.6 Å². The molecule has 0 bridgehead atoms. The Morgan fingerprint density at radius 2 is 2.00 bits per heavy atom. The molecule has 0 heterocycles. The van der Waals surface area contributed by atoms with Crippen molar-refractivity contribution < 1.29 is 9.31 Å². The summed E-state index contributed by atoms with van der Waals surface area (Å²) in [4.78, 5) is 10.7. The van der Waals surface area contributed by atoms with E-state index in [1.807, 2.05) is 0 Å². The molecule has 0 aliphatic carbocycles. The summed E-state index contributed by atoms with van der Waals surface area (Å²) in [6.45, 7) is 0. The Morgan fingerprint density at radius 1 is 1.26 bits per heavy atom. The average Bonchev–Trinajstić information content (AvgIpc) is 2.39. The molecule has 0 unspecified atom stereocenters. The Hall–Kier alpha value is -1.59. The van der Waals surface area contributed by atoms with Crippen LogP contribution in [0.5, 0.6) is 0 Å². The molecule has 0 aliphatic heterocycles. The summed E-state index contributed by atoms with van der Waals surface area (Å²) in [6, 6.07) is 10.6. The summed E-state index contributed by atoms with van der Waals surface area (Å²) in [5, 5.41) is 11.1. The van der Waals surface area contributed by atoms with Crippen LogP contribution in [0.15, 0.2) is 47.4 Å². The molecule has 0 amide bonds. The topological polar surface area (TPSA) is 43.1 Å². The highest BCUT2D eigenvalue weighted by Gasteiger charge is 2.10. The van der Waals surface area contributed by atoms with Gasteiger partial charge in [0.25, 0.3) is 5.69 Å². The number of hydrogen-bond donors (Lipinski definition) is 0. The fourth-order valence-electron chi connectivity index (χ4n) is 1.50. The molecule has 0 N–H and O–H groups in total. The molecule has 0 atom stereocenters. The van der Waals surface area contributed by atoms with Crippen LogP contribution in [-0.4, -0.2) is 4.92 Å². The summed E-state index contributed by atoms with van der Waals surface area (Å²) < 4.78 is 13.4. The highest BCUT2D eigenvalue weighted by Crippen LogP contribution is 2.30. The van der Waals surface area contributed by atoms with Gasteiger partial charge in [0.15, 0.2) is 0 Å². The molecule has 0 radical (unpaired) electrons. The Morgan fingerprint density at radius 3 is 2.68 bits per heavy atom. The van der Waals surface area contributed by atoms with Crippen LogP contribution in [-0.2, 0) is 5.75 Å². The molecule has 3 nitrogen and oxygen atoms in total. The predicted octanol–water partition coefficient (Wildman–Crippen LogP) is 4.68. The Labute approximate surface area is 118 Å². The predicted molar refractivity (Wildman–Crippen MR) is 74.1 cm³/mol. The van der Waals surface area contributed by atoms with E-state index in [-0.39, 0.29) is 11.5 Å². The van der Waals surface area contributed by atoms with Gasteiger partial charge in [-0.1, -0.05) is 23.7 Å². The maximum atomic E-state index is 13.4. The van der Waals surface area contributed by atoms with Crippen LogP contribution >= 0.6 is 23.4 Å². The highest BCUT2D eigenvalue weighted by molar-refractivity contribution is 7.98. The van der Waals surface area contributed by atoms with Gasteiger partial charge in [0.1, 0.15) is 5.82 Å². The Bertz CT molecular complexity index is 621. The van der Waals surface area contributed by atoms with E-state index in [2.05, 4.69) is 0 Å². The zero-order valence-corrected chi connectivity index (χ0v) is 11.2. The van der Waals surface area contributed by atoms with Gasteiger partial charge >= 0.3 is 0 Å². The van der Waals surface area contributed by atoms with E-state index in [9.17, 15) is 14.5 Å². The third-order valence-electron chi connectivity index (χ3n) is 2.46. The number of benzene rings is 2. The summed E-state index contributed by atoms with van der Waals surface area (Å²) in [5.74, 6) is 0.0654. The maximum Gasteiger partial charge on any atom is 0.269 e. The van der Waals surface area contributed by atoms with Gasteiger partial charge in [-0.15, -0.1) is 11.8 Å². The molecule has 0 aromatic heterocycles. The molecule has 0 saturated heterocycles. The van der Waals surface area contributed by atoms with E-state index in [1.165, 1.54) is 36.0 Å². The molecule has 0 saturated carbocycles. The molecule has 0 fully saturated rings. The first-order valence-corrected chi connectivity index (χ1v) is 6.74. The first-order chi connectivity index (χ1) is 9.08. The van der Waals surface area contributed by atoms with Gasteiger partial charge in [0.05, 0.1) is 4.92 Å². The Balaban J connectivity index is 2.17. The van der Waals surface area contributed by atoms with E-state index >= 15 is 0 Å². The largest absolute Gasteiger partial charge is 0.269 e. The van der Waals surface area contributed by atoms with Crippen molar-refractivity contribution >= 4 is 29.1 Å².